The summed E-state index contributed by atoms with van der Waals surface area (Å²) in [5.74, 6) is -1.42. The van der Waals surface area contributed by atoms with Crippen molar-refractivity contribution in [2.75, 3.05) is 13.2 Å². The van der Waals surface area contributed by atoms with Crippen LogP contribution in [0.15, 0.2) is 27.6 Å². The highest BCUT2D eigenvalue weighted by Gasteiger charge is 2.73. The lowest BCUT2D eigenvalue weighted by Gasteiger charge is -2.66. The van der Waals surface area contributed by atoms with Gasteiger partial charge in [-0.2, -0.15) is 0 Å². The first-order chi connectivity index (χ1) is 22.5. The second kappa shape index (κ2) is 15.4. The number of carbonyl (C=O) groups is 1. The zero-order valence-electron chi connectivity index (χ0n) is 28.5. The molecule has 9 heteroatoms. The number of unbranched alkanes of at least 4 members (excludes halogenated alkanes) is 10. The van der Waals surface area contributed by atoms with E-state index in [1.54, 1.807) is 6.07 Å². The van der Waals surface area contributed by atoms with Crippen LogP contribution in [0, 0.1) is 23.2 Å². The molecule has 0 aromatic carbocycles. The highest BCUT2D eigenvalue weighted by atomic mass is 16.5. The van der Waals surface area contributed by atoms with E-state index in [9.17, 15) is 30.0 Å². The molecule has 2 unspecified atom stereocenters. The van der Waals surface area contributed by atoms with Gasteiger partial charge in [0.15, 0.2) is 0 Å². The van der Waals surface area contributed by atoms with E-state index < -0.39 is 39.9 Å². The van der Waals surface area contributed by atoms with E-state index in [0.717, 1.165) is 37.7 Å². The summed E-state index contributed by atoms with van der Waals surface area (Å²) in [6.07, 6.45) is 17.0. The molecule has 9 atom stereocenters. The third kappa shape index (κ3) is 7.26. The average molecular weight is 661 g/mol. The molecule has 4 fully saturated rings. The summed E-state index contributed by atoms with van der Waals surface area (Å²) in [6.45, 7) is 2.20. The topological polar surface area (TPSA) is 158 Å². The largest absolute Gasteiger partial charge is 0.462 e. The van der Waals surface area contributed by atoms with Crippen molar-refractivity contribution in [3.8, 4) is 0 Å². The quantitative estimate of drug-likeness (QED) is 0.114. The Morgan fingerprint density at radius 3 is 2.09 bits per heavy atom. The summed E-state index contributed by atoms with van der Waals surface area (Å²) in [5.41, 5.74) is -4.22. The number of rotatable bonds is 16. The predicted octanol–water partition coefficient (Wildman–Crippen LogP) is 5.52. The van der Waals surface area contributed by atoms with Gasteiger partial charge in [0.25, 0.3) is 0 Å². The molecule has 1 heterocycles. The van der Waals surface area contributed by atoms with Gasteiger partial charge in [-0.05, 0) is 87.2 Å². The van der Waals surface area contributed by atoms with Crippen LogP contribution in [0.3, 0.4) is 0 Å². The van der Waals surface area contributed by atoms with Gasteiger partial charge >= 0.3 is 11.6 Å². The zero-order valence-corrected chi connectivity index (χ0v) is 28.5. The average Bonchev–Trinajstić information content (AvgIpc) is 3.32. The number of aliphatic hydroxyl groups excluding tert-OH is 2. The number of fused-ring (bicyclic) bond motifs is 5. The molecule has 1 aromatic heterocycles. The molecule has 4 aliphatic rings. The number of hydrogen-bond donors (Lipinski definition) is 5. The molecular weight excluding hydrogens is 600 g/mol. The Balaban J connectivity index is 1.13. The maximum atomic E-state index is 12.8. The third-order valence-corrected chi connectivity index (χ3v) is 13.1. The van der Waals surface area contributed by atoms with Gasteiger partial charge in [0.2, 0.25) is 0 Å². The fourth-order valence-corrected chi connectivity index (χ4v) is 10.7. The molecule has 4 saturated carbocycles. The van der Waals surface area contributed by atoms with Crippen LogP contribution in [0.5, 0.6) is 0 Å². The Kier molecular flexibility index (Phi) is 12.0. The van der Waals surface area contributed by atoms with Crippen LogP contribution in [-0.4, -0.2) is 67.6 Å². The molecule has 47 heavy (non-hydrogen) atoms. The molecule has 9 nitrogen and oxygen atoms in total. The molecule has 0 saturated heterocycles. The lowest BCUT2D eigenvalue weighted by atomic mass is 9.42. The van der Waals surface area contributed by atoms with Crippen molar-refractivity contribution in [2.45, 2.75) is 164 Å². The highest BCUT2D eigenvalue weighted by Crippen LogP contribution is 2.70. The summed E-state index contributed by atoms with van der Waals surface area (Å²) in [5, 5.41) is 56.5. The van der Waals surface area contributed by atoms with Crippen LogP contribution < -0.4 is 5.63 Å². The van der Waals surface area contributed by atoms with Crippen molar-refractivity contribution in [3.05, 3.63) is 34.4 Å². The third-order valence-electron chi connectivity index (χ3n) is 13.1. The van der Waals surface area contributed by atoms with E-state index in [0.29, 0.717) is 51.6 Å². The Bertz CT molecular complexity index is 1210. The SMILES string of the molecule is C[C@]12C[C@@H](CO)C3C(CC[C@]4(O)C[C@@H](OC(=O)CCCCCCCCCCCCCO)CC[C@]34O)[C@@]1(O)CC[C@@H]2c1ccc(=O)oc1. The lowest BCUT2D eigenvalue weighted by molar-refractivity contribution is -0.303. The minimum atomic E-state index is -1.50. The van der Waals surface area contributed by atoms with Crippen molar-refractivity contribution in [1.29, 1.82) is 0 Å². The molecule has 1 aromatic rings. The second-order valence-electron chi connectivity index (χ2n) is 15.8. The van der Waals surface area contributed by atoms with Crippen LogP contribution in [0.2, 0.25) is 0 Å². The molecule has 5 rings (SSSR count). The molecule has 0 amide bonds. The highest BCUT2D eigenvalue weighted by molar-refractivity contribution is 5.69. The summed E-state index contributed by atoms with van der Waals surface area (Å²) in [4.78, 5) is 24.4. The predicted molar refractivity (Wildman–Crippen MR) is 178 cm³/mol. The zero-order chi connectivity index (χ0) is 33.7. The number of aliphatic hydroxyl groups is 5. The summed E-state index contributed by atoms with van der Waals surface area (Å²) in [6, 6.07) is 3.18. The number of esters is 1. The minimum absolute atomic E-state index is 0.0596. The van der Waals surface area contributed by atoms with Gasteiger partial charge < -0.3 is 34.7 Å². The van der Waals surface area contributed by atoms with Crippen molar-refractivity contribution in [3.63, 3.8) is 0 Å². The van der Waals surface area contributed by atoms with Gasteiger partial charge in [-0.25, -0.2) is 4.79 Å². The standard InChI is InChI=1S/C38H60O9/c1-35-23-28(25-40)34-31(37(35,44)21-18-30(35)27-14-15-32(41)46-26-27)17-19-36(43)24-29(16-20-38(34,36)45)47-33(42)13-11-9-7-5-3-2-4-6-8-10-12-22-39/h14-15,26,28-31,34,39-40,43-45H,2-13,16-25H2,1H3/t28-,29-,30+,31?,34?,35+,36-,37-,38-/m0/s1. The van der Waals surface area contributed by atoms with Gasteiger partial charge in [-0.3, -0.25) is 4.79 Å². The molecule has 0 aliphatic heterocycles. The number of ether oxygens (including phenoxy) is 1. The van der Waals surface area contributed by atoms with Crippen molar-refractivity contribution < 1.29 is 39.5 Å². The van der Waals surface area contributed by atoms with Crippen LogP contribution in [0.4, 0.5) is 0 Å². The monoisotopic (exact) mass is 660 g/mol. The molecule has 0 bridgehead atoms. The van der Waals surface area contributed by atoms with Crippen molar-refractivity contribution in [1.82, 2.24) is 0 Å². The Labute approximate surface area is 280 Å². The molecule has 5 N–H and O–H groups in total. The van der Waals surface area contributed by atoms with Gasteiger partial charge in [0, 0.05) is 43.5 Å². The van der Waals surface area contributed by atoms with Crippen LogP contribution in [0.1, 0.15) is 147 Å². The Hall–Kier alpha value is -1.78. The van der Waals surface area contributed by atoms with E-state index in [-0.39, 0.29) is 43.2 Å². The Morgan fingerprint density at radius 2 is 1.47 bits per heavy atom. The van der Waals surface area contributed by atoms with Crippen LogP contribution in [0.25, 0.3) is 0 Å². The maximum absolute atomic E-state index is 12.8. The summed E-state index contributed by atoms with van der Waals surface area (Å²) < 4.78 is 11.0. The van der Waals surface area contributed by atoms with Gasteiger partial charge in [0.1, 0.15) is 6.10 Å². The summed E-state index contributed by atoms with van der Waals surface area (Å²) in [7, 11) is 0. The first kappa shape index (κ1) is 36.5. The summed E-state index contributed by atoms with van der Waals surface area (Å²) >= 11 is 0. The number of carbonyl (C=O) groups excluding carboxylic acids is 1. The minimum Gasteiger partial charge on any atom is -0.462 e. The second-order valence-corrected chi connectivity index (χ2v) is 15.8. The fourth-order valence-electron chi connectivity index (χ4n) is 10.7. The van der Waals surface area contributed by atoms with E-state index in [4.69, 9.17) is 14.3 Å². The van der Waals surface area contributed by atoms with E-state index in [1.165, 1.54) is 50.9 Å². The first-order valence-corrected chi connectivity index (χ1v) is 18.7. The van der Waals surface area contributed by atoms with E-state index in [2.05, 4.69) is 6.92 Å². The van der Waals surface area contributed by atoms with Crippen LogP contribution >= 0.6 is 0 Å². The van der Waals surface area contributed by atoms with E-state index in [1.807, 2.05) is 0 Å². The maximum Gasteiger partial charge on any atom is 0.335 e. The normalized spacial score (nSPS) is 38.0. The van der Waals surface area contributed by atoms with Gasteiger partial charge in [-0.15, -0.1) is 0 Å². The van der Waals surface area contributed by atoms with Crippen molar-refractivity contribution in [2.24, 2.45) is 23.2 Å². The molecular formula is C38H60O9. The van der Waals surface area contributed by atoms with Crippen molar-refractivity contribution >= 4 is 5.97 Å². The lowest BCUT2D eigenvalue weighted by Crippen LogP contribution is -2.73. The fraction of sp³-hybridized carbons (Fsp3) is 0.842. The molecule has 0 radical (unpaired) electrons. The molecule has 4 aliphatic carbocycles. The smallest absolute Gasteiger partial charge is 0.335 e. The van der Waals surface area contributed by atoms with Gasteiger partial charge in [-0.1, -0.05) is 64.7 Å². The first-order valence-electron chi connectivity index (χ1n) is 18.7. The van der Waals surface area contributed by atoms with Gasteiger partial charge in [0.05, 0.1) is 23.1 Å². The molecule has 0 spiro atoms. The number of hydrogen-bond acceptors (Lipinski definition) is 9. The van der Waals surface area contributed by atoms with E-state index >= 15 is 0 Å². The molecule has 266 valence electrons. The Morgan fingerprint density at radius 1 is 0.830 bits per heavy atom. The van der Waals surface area contributed by atoms with Crippen LogP contribution in [-0.2, 0) is 9.53 Å².